The molecule has 6 rings (SSSR count). The number of hydrogen-bond donors (Lipinski definition) is 0. The Bertz CT molecular complexity index is 1660. The van der Waals surface area contributed by atoms with Gasteiger partial charge in [-0.05, 0) is 81.5 Å². The van der Waals surface area contributed by atoms with Crippen LogP contribution in [0.15, 0.2) is 130 Å². The Hall–Kier alpha value is -3.56. The van der Waals surface area contributed by atoms with Gasteiger partial charge in [0, 0.05) is 50.9 Å². The molecule has 2 heterocycles. The SMILES string of the molecule is CCN1C(=CC=C2CCC(C=CC3=[N+](CC)c4ccccc4C3(C)C)=C2Sc2ccccc2)C(C)(C)c2ccccc21. The molecule has 0 bridgehead atoms. The predicted octanol–water partition coefficient (Wildman–Crippen LogP) is 10.1. The van der Waals surface area contributed by atoms with Crippen LogP contribution in [0.4, 0.5) is 11.4 Å². The molecule has 1 aliphatic carbocycles. The van der Waals surface area contributed by atoms with E-state index in [-0.39, 0.29) is 10.8 Å². The lowest BCUT2D eigenvalue weighted by molar-refractivity contribution is -0.433. The van der Waals surface area contributed by atoms with Crippen molar-refractivity contribution >= 4 is 28.8 Å². The number of likely N-dealkylation sites (N-methyl/N-ethyl adjacent to an activating group) is 1. The van der Waals surface area contributed by atoms with Crippen LogP contribution in [-0.2, 0) is 10.8 Å². The Morgan fingerprint density at radius 2 is 1.45 bits per heavy atom. The van der Waals surface area contributed by atoms with Crippen molar-refractivity contribution in [3.05, 3.63) is 136 Å². The van der Waals surface area contributed by atoms with Gasteiger partial charge in [-0.25, -0.2) is 0 Å². The summed E-state index contributed by atoms with van der Waals surface area (Å²) in [5.74, 6) is 0. The van der Waals surface area contributed by atoms with Gasteiger partial charge in [0.2, 0.25) is 5.69 Å². The molecule has 0 spiro atoms. The van der Waals surface area contributed by atoms with Crippen LogP contribution in [0.3, 0.4) is 0 Å². The number of benzene rings is 3. The molecular weight excluding hydrogens is 529 g/mol. The molecule has 0 amide bonds. The van der Waals surface area contributed by atoms with Crippen LogP contribution in [-0.4, -0.2) is 23.4 Å². The zero-order chi connectivity index (χ0) is 29.5. The Morgan fingerprint density at radius 1 is 0.762 bits per heavy atom. The number of hydrogen-bond acceptors (Lipinski definition) is 2. The van der Waals surface area contributed by atoms with Crippen LogP contribution in [0, 0.1) is 0 Å². The lowest BCUT2D eigenvalue weighted by Gasteiger charge is -2.26. The third-order valence-electron chi connectivity index (χ3n) is 9.33. The van der Waals surface area contributed by atoms with Gasteiger partial charge in [-0.15, -0.1) is 0 Å². The van der Waals surface area contributed by atoms with Gasteiger partial charge in [0.05, 0.1) is 5.41 Å². The number of rotatable bonds is 7. The molecule has 3 heteroatoms. The molecule has 3 aromatic rings. The van der Waals surface area contributed by atoms with E-state index in [9.17, 15) is 0 Å². The van der Waals surface area contributed by atoms with E-state index < -0.39 is 0 Å². The van der Waals surface area contributed by atoms with Gasteiger partial charge in [-0.3, -0.25) is 0 Å². The Labute approximate surface area is 256 Å². The number of allylic oxidation sites excluding steroid dienone is 7. The van der Waals surface area contributed by atoms with Gasteiger partial charge in [0.1, 0.15) is 6.54 Å². The van der Waals surface area contributed by atoms with E-state index >= 15 is 0 Å². The van der Waals surface area contributed by atoms with Crippen LogP contribution in [0.1, 0.15) is 65.5 Å². The summed E-state index contributed by atoms with van der Waals surface area (Å²) in [6.07, 6.45) is 11.8. The molecule has 0 aromatic heterocycles. The van der Waals surface area contributed by atoms with Crippen LogP contribution in [0.25, 0.3) is 0 Å². The zero-order valence-corrected chi connectivity index (χ0v) is 26.8. The second kappa shape index (κ2) is 11.3. The van der Waals surface area contributed by atoms with Gasteiger partial charge in [-0.2, -0.15) is 4.58 Å². The molecule has 2 aliphatic heterocycles. The van der Waals surface area contributed by atoms with Crippen molar-refractivity contribution in [2.24, 2.45) is 0 Å². The van der Waals surface area contributed by atoms with Crippen LogP contribution >= 0.6 is 11.8 Å². The molecule has 0 unspecified atom stereocenters. The average molecular weight is 572 g/mol. The first-order chi connectivity index (χ1) is 20.3. The molecule has 0 fully saturated rings. The summed E-state index contributed by atoms with van der Waals surface area (Å²) < 4.78 is 2.49. The maximum absolute atomic E-state index is 2.49. The number of para-hydroxylation sites is 2. The molecule has 3 aliphatic rings. The maximum Gasteiger partial charge on any atom is 0.209 e. The number of thioether (sulfide) groups is 1. The topological polar surface area (TPSA) is 6.25 Å². The van der Waals surface area contributed by atoms with Crippen LogP contribution in [0.5, 0.6) is 0 Å². The lowest BCUT2D eigenvalue weighted by atomic mass is 9.81. The zero-order valence-electron chi connectivity index (χ0n) is 25.9. The quantitative estimate of drug-likeness (QED) is 0.260. The monoisotopic (exact) mass is 571 g/mol. The molecule has 0 radical (unpaired) electrons. The van der Waals surface area contributed by atoms with E-state index in [1.165, 1.54) is 54.9 Å². The normalized spacial score (nSPS) is 20.9. The van der Waals surface area contributed by atoms with E-state index in [1.807, 2.05) is 11.8 Å². The summed E-state index contributed by atoms with van der Waals surface area (Å²) in [6, 6.07) is 28.6. The molecule has 42 heavy (non-hydrogen) atoms. The molecule has 2 nitrogen and oxygen atoms in total. The highest BCUT2D eigenvalue weighted by Gasteiger charge is 2.43. The Kier molecular flexibility index (Phi) is 7.66. The van der Waals surface area contributed by atoms with Crippen molar-refractivity contribution in [2.75, 3.05) is 18.0 Å². The molecule has 0 N–H and O–H groups in total. The van der Waals surface area contributed by atoms with Crippen molar-refractivity contribution in [3.63, 3.8) is 0 Å². The molecule has 214 valence electrons. The minimum Gasteiger partial charge on any atom is -0.344 e. The summed E-state index contributed by atoms with van der Waals surface area (Å²) in [6.45, 7) is 15.9. The van der Waals surface area contributed by atoms with Crippen LogP contribution < -0.4 is 4.90 Å². The van der Waals surface area contributed by atoms with Crippen molar-refractivity contribution in [1.29, 1.82) is 0 Å². The first-order valence-electron chi connectivity index (χ1n) is 15.4. The largest absolute Gasteiger partial charge is 0.344 e. The fraction of sp³-hybridized carbons (Fsp3) is 0.308. The first-order valence-corrected chi connectivity index (χ1v) is 16.3. The lowest BCUT2D eigenvalue weighted by Crippen LogP contribution is -2.27. The predicted molar refractivity (Wildman–Crippen MR) is 181 cm³/mol. The number of anilines is 1. The molecule has 0 saturated carbocycles. The Balaban J connectivity index is 1.40. The minimum absolute atomic E-state index is 0.0231. The molecule has 0 saturated heterocycles. The summed E-state index contributed by atoms with van der Waals surface area (Å²) in [7, 11) is 0. The third kappa shape index (κ3) is 4.82. The van der Waals surface area contributed by atoms with E-state index in [1.54, 1.807) is 0 Å². The Morgan fingerprint density at radius 3 is 2.19 bits per heavy atom. The van der Waals surface area contributed by atoms with Crippen molar-refractivity contribution in [1.82, 2.24) is 0 Å². The van der Waals surface area contributed by atoms with Gasteiger partial charge in [0.25, 0.3) is 0 Å². The highest BCUT2D eigenvalue weighted by Crippen LogP contribution is 2.48. The van der Waals surface area contributed by atoms with E-state index in [2.05, 4.69) is 154 Å². The van der Waals surface area contributed by atoms with E-state index in [4.69, 9.17) is 0 Å². The smallest absolute Gasteiger partial charge is 0.209 e. The minimum atomic E-state index is -0.0231. The standard InChI is InChI=1S/C39H43N2S/c1-7-40-33-20-14-12-18-31(33)38(3,4)35(40)26-24-28-22-23-29(37(28)42-30-16-10-9-11-17-30)25-27-36-39(5,6)32-19-13-15-21-34(32)41(36)8-2/h9-21,24-27H,7-8,22-23H2,1-6H3/q+1. The second-order valence-electron chi connectivity index (χ2n) is 12.5. The number of fused-ring (bicyclic) bond motifs is 2. The number of nitrogens with zero attached hydrogens (tertiary/aromatic N) is 2. The summed E-state index contributed by atoms with van der Waals surface area (Å²) in [5, 5.41) is 0. The fourth-order valence-corrected chi connectivity index (χ4v) is 8.21. The molecule has 3 aromatic carbocycles. The average Bonchev–Trinajstić information content (AvgIpc) is 3.56. The highest BCUT2D eigenvalue weighted by atomic mass is 32.2. The maximum atomic E-state index is 2.49. The van der Waals surface area contributed by atoms with Crippen LogP contribution in [0.2, 0.25) is 0 Å². The highest BCUT2D eigenvalue weighted by molar-refractivity contribution is 8.03. The summed E-state index contributed by atoms with van der Waals surface area (Å²) in [5.41, 5.74) is 11.1. The van der Waals surface area contributed by atoms with Gasteiger partial charge in [-0.1, -0.05) is 92.4 Å². The van der Waals surface area contributed by atoms with Crippen molar-refractivity contribution in [2.45, 2.75) is 70.1 Å². The summed E-state index contributed by atoms with van der Waals surface area (Å²) >= 11 is 1.91. The van der Waals surface area contributed by atoms with Gasteiger partial charge >= 0.3 is 0 Å². The van der Waals surface area contributed by atoms with Crippen molar-refractivity contribution in [3.8, 4) is 0 Å². The molecular formula is C39H43N2S+. The van der Waals surface area contributed by atoms with E-state index in [0.717, 1.165) is 25.9 Å². The van der Waals surface area contributed by atoms with Gasteiger partial charge < -0.3 is 4.90 Å². The second-order valence-corrected chi connectivity index (χ2v) is 13.6. The first kappa shape index (κ1) is 28.6. The van der Waals surface area contributed by atoms with E-state index in [0.29, 0.717) is 0 Å². The molecule has 0 atom stereocenters. The van der Waals surface area contributed by atoms with Crippen molar-refractivity contribution < 1.29 is 4.58 Å². The summed E-state index contributed by atoms with van der Waals surface area (Å²) in [4.78, 5) is 5.19. The third-order valence-corrected chi connectivity index (χ3v) is 10.6. The van der Waals surface area contributed by atoms with Gasteiger partial charge in [0.15, 0.2) is 5.71 Å². The fourth-order valence-electron chi connectivity index (χ4n) is 7.08.